The van der Waals surface area contributed by atoms with E-state index < -0.39 is 6.29 Å². The summed E-state index contributed by atoms with van der Waals surface area (Å²) in [7, 11) is 0. The lowest BCUT2D eigenvalue weighted by molar-refractivity contribution is -0.645. The number of nitrogens with zero attached hydrogens (tertiary/aromatic N) is 3. The van der Waals surface area contributed by atoms with E-state index in [1.807, 2.05) is 91.0 Å². The van der Waals surface area contributed by atoms with Crippen LogP contribution < -0.4 is 10.0 Å². The first-order valence-corrected chi connectivity index (χ1v) is 17.0. The van der Waals surface area contributed by atoms with Gasteiger partial charge in [0.25, 0.3) is 10.9 Å². The van der Waals surface area contributed by atoms with Gasteiger partial charge in [-0.05, 0) is 58.1 Å². The Labute approximate surface area is 288 Å². The Bertz CT molecular complexity index is 2080. The summed E-state index contributed by atoms with van der Waals surface area (Å²) in [4.78, 5) is 21.7. The van der Waals surface area contributed by atoms with Crippen LogP contribution in [0.25, 0.3) is 22.2 Å². The van der Waals surface area contributed by atoms with E-state index in [-0.39, 0.29) is 30.4 Å². The zero-order chi connectivity index (χ0) is 33.6. The predicted octanol–water partition coefficient (Wildman–Crippen LogP) is 6.69. The van der Waals surface area contributed by atoms with Crippen LogP contribution in [0.4, 0.5) is 0 Å². The molecule has 4 aromatic carbocycles. The standard InChI is InChI=1S/C39H34N4O5S/c44-24-26-14-16-28(17-15-26)36-21-32(25-49-37-13-3-4-18-43(37)46)47-39(48-36)31-10-6-9-30(20-31)29-8-5-7-27(19-29)22-41-38(45)35-23-40-33-11-1-2-12-34(33)42-35/h1-20,23,32,36,39,44H,21-22,24-25H2,(H,41,45)/t32-,36+,39+/m1/s1. The van der Waals surface area contributed by atoms with E-state index in [1.165, 1.54) is 24.2 Å². The lowest BCUT2D eigenvalue weighted by Crippen LogP contribution is -2.32. The van der Waals surface area contributed by atoms with Crippen LogP contribution in [0.3, 0.4) is 0 Å². The highest BCUT2D eigenvalue weighted by atomic mass is 32.2. The number of fused-ring (bicyclic) bond motifs is 1. The van der Waals surface area contributed by atoms with E-state index in [9.17, 15) is 15.1 Å². The molecule has 3 atom stereocenters. The number of aliphatic hydroxyl groups is 1. The number of thioether (sulfide) groups is 1. The van der Waals surface area contributed by atoms with Crippen molar-refractivity contribution in [1.29, 1.82) is 0 Å². The molecule has 2 N–H and O–H groups in total. The smallest absolute Gasteiger partial charge is 0.271 e. The first-order valence-electron chi connectivity index (χ1n) is 16.0. The molecule has 246 valence electrons. The van der Waals surface area contributed by atoms with Crippen molar-refractivity contribution in [2.24, 2.45) is 0 Å². The molecule has 1 aliphatic rings. The molecule has 1 aliphatic heterocycles. The minimum absolute atomic E-state index is 0.0252. The van der Waals surface area contributed by atoms with Crippen LogP contribution in [0.5, 0.6) is 0 Å². The van der Waals surface area contributed by atoms with Crippen molar-refractivity contribution < 1.29 is 24.1 Å². The molecular weight excluding hydrogens is 637 g/mol. The third kappa shape index (κ3) is 7.79. The second kappa shape index (κ2) is 15.0. The summed E-state index contributed by atoms with van der Waals surface area (Å²) in [6.07, 6.45) is 2.54. The molecule has 1 saturated heterocycles. The number of hydrogen-bond acceptors (Lipinski definition) is 8. The van der Waals surface area contributed by atoms with Crippen LogP contribution in [0.1, 0.15) is 51.6 Å². The monoisotopic (exact) mass is 670 g/mol. The SMILES string of the molecule is O=C(NCc1cccc(-c2cccc([C@H]3O[C@@H](CSc4cccc[n+]4[O-])C[C@@H](c4ccc(CO)cc4)O3)c2)c1)c1cnc2ccccc2n1. The van der Waals surface area contributed by atoms with Crippen molar-refractivity contribution in [2.75, 3.05) is 5.75 Å². The zero-order valence-corrected chi connectivity index (χ0v) is 27.3. The number of nitrogens with one attached hydrogen (secondary N) is 1. The topological polar surface area (TPSA) is 121 Å². The molecule has 1 fully saturated rings. The fourth-order valence-corrected chi connectivity index (χ4v) is 6.72. The van der Waals surface area contributed by atoms with Gasteiger partial charge >= 0.3 is 0 Å². The molecule has 7 rings (SSSR count). The summed E-state index contributed by atoms with van der Waals surface area (Å²) in [5, 5.41) is 25.4. The van der Waals surface area contributed by atoms with Gasteiger partial charge in [-0.15, -0.1) is 0 Å². The number of carbonyl (C=O) groups excluding carboxylic acids is 1. The maximum absolute atomic E-state index is 12.9. The third-order valence-corrected chi connectivity index (χ3v) is 9.52. The van der Waals surface area contributed by atoms with Gasteiger partial charge in [0, 0.05) is 36.4 Å². The molecule has 0 saturated carbocycles. The fraction of sp³-hybridized carbons (Fsp3) is 0.179. The quantitative estimate of drug-likeness (QED) is 0.0940. The van der Waals surface area contributed by atoms with Crippen LogP contribution >= 0.6 is 11.8 Å². The number of para-hydroxylation sites is 2. The molecule has 0 bridgehead atoms. The predicted molar refractivity (Wildman–Crippen MR) is 187 cm³/mol. The molecule has 0 radical (unpaired) electrons. The lowest BCUT2D eigenvalue weighted by atomic mass is 9.99. The average molecular weight is 671 g/mol. The molecule has 49 heavy (non-hydrogen) atoms. The van der Waals surface area contributed by atoms with Crippen molar-refractivity contribution in [1.82, 2.24) is 15.3 Å². The summed E-state index contributed by atoms with van der Waals surface area (Å²) < 4.78 is 14.0. The molecule has 3 heterocycles. The van der Waals surface area contributed by atoms with Crippen molar-refractivity contribution in [3.05, 3.63) is 161 Å². The van der Waals surface area contributed by atoms with E-state index in [0.717, 1.165) is 43.6 Å². The second-order valence-corrected chi connectivity index (χ2v) is 12.8. The van der Waals surface area contributed by atoms with Gasteiger partial charge in [0.1, 0.15) is 5.69 Å². The Morgan fingerprint density at radius 1 is 0.857 bits per heavy atom. The van der Waals surface area contributed by atoms with E-state index in [0.29, 0.717) is 29.3 Å². The number of aliphatic hydroxyl groups excluding tert-OH is 1. The van der Waals surface area contributed by atoms with E-state index in [4.69, 9.17) is 9.47 Å². The van der Waals surface area contributed by atoms with Crippen LogP contribution in [0.2, 0.25) is 0 Å². The van der Waals surface area contributed by atoms with E-state index in [1.54, 1.807) is 12.1 Å². The number of benzene rings is 4. The zero-order valence-electron chi connectivity index (χ0n) is 26.5. The molecule has 0 aliphatic carbocycles. The summed E-state index contributed by atoms with van der Waals surface area (Å²) in [6, 6.07) is 36.7. The molecule has 10 heteroatoms. The van der Waals surface area contributed by atoms with Gasteiger partial charge in [0.15, 0.2) is 12.5 Å². The van der Waals surface area contributed by atoms with Crippen molar-refractivity contribution in [2.45, 2.75) is 43.1 Å². The summed E-state index contributed by atoms with van der Waals surface area (Å²) in [6.45, 7) is 0.305. The van der Waals surface area contributed by atoms with E-state index in [2.05, 4.69) is 27.4 Å². The number of pyridine rings is 1. The van der Waals surface area contributed by atoms with Gasteiger partial charge in [0.2, 0.25) is 0 Å². The number of carbonyl (C=O) groups is 1. The van der Waals surface area contributed by atoms with Crippen molar-refractivity contribution >= 4 is 28.7 Å². The van der Waals surface area contributed by atoms with Gasteiger partial charge in [-0.2, -0.15) is 4.73 Å². The third-order valence-electron chi connectivity index (χ3n) is 8.37. The largest absolute Gasteiger partial charge is 0.618 e. The van der Waals surface area contributed by atoms with Gasteiger partial charge < -0.3 is 25.1 Å². The Hall–Kier alpha value is -5.13. The first kappa shape index (κ1) is 32.4. The lowest BCUT2D eigenvalue weighted by Gasteiger charge is -2.36. The second-order valence-electron chi connectivity index (χ2n) is 11.8. The molecule has 2 aromatic heterocycles. The molecule has 6 aromatic rings. The van der Waals surface area contributed by atoms with Crippen LogP contribution in [-0.4, -0.2) is 32.8 Å². The highest BCUT2D eigenvalue weighted by Crippen LogP contribution is 2.40. The maximum atomic E-state index is 12.9. The molecular formula is C39H34N4O5S. The maximum Gasteiger partial charge on any atom is 0.271 e. The van der Waals surface area contributed by atoms with Crippen LogP contribution in [0, 0.1) is 5.21 Å². The average Bonchev–Trinajstić information content (AvgIpc) is 3.16. The van der Waals surface area contributed by atoms with Crippen molar-refractivity contribution in [3.8, 4) is 11.1 Å². The number of hydrogen-bond donors (Lipinski definition) is 2. The normalized spacial score (nSPS) is 17.5. The van der Waals surface area contributed by atoms with E-state index >= 15 is 0 Å². The Kier molecular flexibility index (Phi) is 9.90. The molecule has 1 amide bonds. The first-order chi connectivity index (χ1) is 24.0. The number of rotatable bonds is 10. The molecule has 9 nitrogen and oxygen atoms in total. The molecule has 0 spiro atoms. The van der Waals surface area contributed by atoms with Gasteiger partial charge in [0.05, 0.1) is 36.0 Å². The minimum atomic E-state index is -0.637. The highest BCUT2D eigenvalue weighted by molar-refractivity contribution is 7.99. The van der Waals surface area contributed by atoms with Crippen molar-refractivity contribution in [3.63, 3.8) is 0 Å². The van der Waals surface area contributed by atoms with Gasteiger partial charge in [-0.25, -0.2) is 4.98 Å². The summed E-state index contributed by atoms with van der Waals surface area (Å²) in [5.41, 5.74) is 7.30. The Morgan fingerprint density at radius 3 is 2.45 bits per heavy atom. The minimum Gasteiger partial charge on any atom is -0.618 e. The van der Waals surface area contributed by atoms with Crippen LogP contribution in [0.15, 0.2) is 133 Å². The van der Waals surface area contributed by atoms with Gasteiger partial charge in [-0.3, -0.25) is 9.78 Å². The van der Waals surface area contributed by atoms with Gasteiger partial charge in [-0.1, -0.05) is 84.6 Å². The Balaban J connectivity index is 1.08. The fourth-order valence-electron chi connectivity index (χ4n) is 5.79. The molecule has 0 unspecified atom stereocenters. The number of amides is 1. The van der Waals surface area contributed by atoms with Crippen LogP contribution in [-0.2, 0) is 22.6 Å². The highest BCUT2D eigenvalue weighted by Gasteiger charge is 2.33. The Morgan fingerprint density at radius 2 is 1.63 bits per heavy atom. The number of ether oxygens (including phenoxy) is 2. The number of aromatic nitrogens is 3. The summed E-state index contributed by atoms with van der Waals surface area (Å²) in [5.74, 6) is 0.290. The summed E-state index contributed by atoms with van der Waals surface area (Å²) >= 11 is 1.46.